The number of non-ortho nitro benzene ring substituents is 1. The molecule has 0 saturated heterocycles. The number of anilines is 1. The molecule has 10 nitrogen and oxygen atoms in total. The Kier molecular flexibility index (Phi) is 9.20. The van der Waals surface area contributed by atoms with Crippen molar-refractivity contribution in [2.24, 2.45) is 0 Å². The summed E-state index contributed by atoms with van der Waals surface area (Å²) in [6, 6.07) is 12.1. The molecule has 0 spiro atoms. The quantitative estimate of drug-likeness (QED) is 0.379. The van der Waals surface area contributed by atoms with E-state index in [0.717, 1.165) is 22.2 Å². The van der Waals surface area contributed by atoms with Crippen LogP contribution in [-0.4, -0.2) is 54.4 Å². The zero-order valence-electron chi connectivity index (χ0n) is 21.5. The number of aryl methyl sites for hydroxylation is 1. The Hall–Kier alpha value is -3.47. The molecule has 0 aliphatic rings. The summed E-state index contributed by atoms with van der Waals surface area (Å²) in [5.74, 6) is -0.960. The molecule has 0 fully saturated rings. The van der Waals surface area contributed by atoms with E-state index in [-0.39, 0.29) is 23.8 Å². The third-order valence-electron chi connectivity index (χ3n) is 5.43. The summed E-state index contributed by atoms with van der Waals surface area (Å²) in [6.07, 6.45) is 1.24. The monoisotopic (exact) mass is 518 g/mol. The number of carbonyl (C=O) groups is 2. The van der Waals surface area contributed by atoms with Crippen LogP contribution in [0.1, 0.15) is 45.2 Å². The second kappa shape index (κ2) is 11.5. The van der Waals surface area contributed by atoms with E-state index in [4.69, 9.17) is 0 Å². The normalized spacial score (nSPS) is 12.5. The first-order chi connectivity index (χ1) is 16.6. The van der Waals surface area contributed by atoms with Crippen LogP contribution >= 0.6 is 0 Å². The Labute approximate surface area is 212 Å². The Balaban J connectivity index is 2.52. The minimum Gasteiger partial charge on any atom is -0.350 e. The smallest absolute Gasteiger partial charge is 0.271 e. The van der Waals surface area contributed by atoms with Gasteiger partial charge in [0.25, 0.3) is 5.69 Å². The number of nitrogens with zero attached hydrogens (tertiary/aromatic N) is 3. The summed E-state index contributed by atoms with van der Waals surface area (Å²) < 4.78 is 26.3. The highest BCUT2D eigenvalue weighted by Crippen LogP contribution is 2.28. The molecular weight excluding hydrogens is 484 g/mol. The predicted octanol–water partition coefficient (Wildman–Crippen LogP) is 3.39. The van der Waals surface area contributed by atoms with Gasteiger partial charge in [0.05, 0.1) is 16.9 Å². The molecule has 2 amide bonds. The summed E-state index contributed by atoms with van der Waals surface area (Å²) >= 11 is 0. The molecule has 196 valence electrons. The number of nitrogens with one attached hydrogen (secondary N) is 1. The summed E-state index contributed by atoms with van der Waals surface area (Å²) in [7, 11) is -4.00. The van der Waals surface area contributed by atoms with E-state index in [9.17, 15) is 28.1 Å². The molecule has 11 heteroatoms. The van der Waals surface area contributed by atoms with Gasteiger partial charge in [0.2, 0.25) is 21.8 Å². The number of sulfonamides is 1. The van der Waals surface area contributed by atoms with Crippen LogP contribution in [0, 0.1) is 17.0 Å². The number of hydrogen-bond donors (Lipinski definition) is 1. The number of hydrogen-bond acceptors (Lipinski definition) is 6. The number of nitro groups is 1. The van der Waals surface area contributed by atoms with E-state index >= 15 is 0 Å². The lowest BCUT2D eigenvalue weighted by Crippen LogP contribution is -2.55. The van der Waals surface area contributed by atoms with Crippen molar-refractivity contribution in [3.63, 3.8) is 0 Å². The first-order valence-electron chi connectivity index (χ1n) is 11.5. The van der Waals surface area contributed by atoms with Crippen molar-refractivity contribution in [2.75, 3.05) is 17.1 Å². The largest absolute Gasteiger partial charge is 0.350 e. The molecule has 0 radical (unpaired) electrons. The average molecular weight is 519 g/mol. The number of nitro benzene ring substituents is 1. The molecule has 0 aliphatic heterocycles. The Morgan fingerprint density at radius 1 is 1.11 bits per heavy atom. The van der Waals surface area contributed by atoms with Crippen LogP contribution < -0.4 is 9.62 Å². The van der Waals surface area contributed by atoms with Crippen LogP contribution in [0.3, 0.4) is 0 Å². The summed E-state index contributed by atoms with van der Waals surface area (Å²) in [5, 5.41) is 14.2. The van der Waals surface area contributed by atoms with E-state index in [2.05, 4.69) is 5.32 Å². The van der Waals surface area contributed by atoms with Gasteiger partial charge in [0.15, 0.2) is 0 Å². The second-order valence-electron chi connectivity index (χ2n) is 9.67. The minimum absolute atomic E-state index is 0.0342. The Morgan fingerprint density at radius 3 is 2.22 bits per heavy atom. The third-order valence-corrected chi connectivity index (χ3v) is 6.56. The van der Waals surface area contributed by atoms with Crippen molar-refractivity contribution >= 4 is 33.2 Å². The first kappa shape index (κ1) is 28.8. The van der Waals surface area contributed by atoms with E-state index in [1.807, 2.05) is 51.1 Å². The molecule has 36 heavy (non-hydrogen) atoms. The number of rotatable bonds is 10. The van der Waals surface area contributed by atoms with Crippen LogP contribution in [0.5, 0.6) is 0 Å². The summed E-state index contributed by atoms with van der Waals surface area (Å²) in [5.41, 5.74) is 0.419. The fraction of sp³-hybridized carbons (Fsp3) is 0.440. The van der Waals surface area contributed by atoms with Crippen molar-refractivity contribution in [3.05, 3.63) is 69.8 Å². The van der Waals surface area contributed by atoms with Gasteiger partial charge < -0.3 is 10.2 Å². The van der Waals surface area contributed by atoms with Gasteiger partial charge in [-0.2, -0.15) is 0 Å². The molecular formula is C25H34N4O6S. The van der Waals surface area contributed by atoms with Gasteiger partial charge in [-0.25, -0.2) is 8.42 Å². The molecule has 0 aromatic heterocycles. The van der Waals surface area contributed by atoms with Crippen LogP contribution in [0.2, 0.25) is 0 Å². The summed E-state index contributed by atoms with van der Waals surface area (Å²) in [6.45, 7) is 8.34. The Bertz CT molecular complexity index is 1210. The SMILES string of the molecule is CC[C@H](C(=O)NC(C)(C)C)N(Cc1ccccc1)C(=O)CN(c1cc([N+](=O)[O-])ccc1C)S(C)(=O)=O. The van der Waals surface area contributed by atoms with E-state index in [1.54, 1.807) is 13.8 Å². The summed E-state index contributed by atoms with van der Waals surface area (Å²) in [4.78, 5) is 38.9. The first-order valence-corrected chi connectivity index (χ1v) is 13.4. The van der Waals surface area contributed by atoms with E-state index in [1.165, 1.54) is 17.0 Å². The molecule has 1 N–H and O–H groups in total. The number of benzene rings is 2. The van der Waals surface area contributed by atoms with Gasteiger partial charge in [0.1, 0.15) is 12.6 Å². The van der Waals surface area contributed by atoms with Crippen LogP contribution in [-0.2, 0) is 26.2 Å². The molecule has 2 aromatic rings. The maximum atomic E-state index is 13.7. The highest BCUT2D eigenvalue weighted by atomic mass is 32.2. The van der Waals surface area contributed by atoms with Crippen LogP contribution in [0.4, 0.5) is 11.4 Å². The fourth-order valence-corrected chi connectivity index (χ4v) is 4.63. The zero-order chi connectivity index (χ0) is 27.3. The predicted molar refractivity (Wildman–Crippen MR) is 139 cm³/mol. The molecule has 2 rings (SSSR count). The molecule has 2 aromatic carbocycles. The van der Waals surface area contributed by atoms with Crippen molar-refractivity contribution in [1.29, 1.82) is 0 Å². The minimum atomic E-state index is -4.00. The zero-order valence-corrected chi connectivity index (χ0v) is 22.3. The van der Waals surface area contributed by atoms with Gasteiger partial charge in [-0.3, -0.25) is 24.0 Å². The average Bonchev–Trinajstić information content (AvgIpc) is 2.76. The topological polar surface area (TPSA) is 130 Å². The van der Waals surface area contributed by atoms with Gasteiger partial charge in [0, 0.05) is 24.2 Å². The third kappa shape index (κ3) is 7.77. The van der Waals surface area contributed by atoms with Crippen molar-refractivity contribution in [3.8, 4) is 0 Å². The molecule has 0 saturated carbocycles. The second-order valence-corrected chi connectivity index (χ2v) is 11.6. The highest BCUT2D eigenvalue weighted by Gasteiger charge is 2.33. The lowest BCUT2D eigenvalue weighted by molar-refractivity contribution is -0.384. The Morgan fingerprint density at radius 2 is 1.72 bits per heavy atom. The van der Waals surface area contributed by atoms with Gasteiger partial charge in [-0.15, -0.1) is 0 Å². The van der Waals surface area contributed by atoms with Crippen LogP contribution in [0.25, 0.3) is 0 Å². The van der Waals surface area contributed by atoms with Crippen molar-refractivity contribution in [1.82, 2.24) is 10.2 Å². The standard InChI is InChI=1S/C25H34N4O6S/c1-7-21(24(31)26-25(3,4)5)27(16-19-11-9-8-10-12-19)23(30)17-28(36(6,34)35)22-15-20(29(32)33)14-13-18(22)2/h8-15,21H,7,16-17H2,1-6H3,(H,26,31)/t21-/m1/s1. The van der Waals surface area contributed by atoms with Gasteiger partial charge >= 0.3 is 0 Å². The molecule has 0 heterocycles. The van der Waals surface area contributed by atoms with E-state index in [0.29, 0.717) is 12.0 Å². The van der Waals surface area contributed by atoms with Gasteiger partial charge in [-0.05, 0) is 45.2 Å². The number of amides is 2. The fourth-order valence-electron chi connectivity index (χ4n) is 3.73. The number of carbonyl (C=O) groups excluding carboxylic acids is 2. The maximum absolute atomic E-state index is 13.7. The van der Waals surface area contributed by atoms with Crippen LogP contribution in [0.15, 0.2) is 48.5 Å². The lowest BCUT2D eigenvalue weighted by atomic mass is 10.1. The van der Waals surface area contributed by atoms with E-state index < -0.39 is 39.0 Å². The molecule has 0 unspecified atom stereocenters. The highest BCUT2D eigenvalue weighted by molar-refractivity contribution is 7.92. The van der Waals surface area contributed by atoms with Crippen molar-refractivity contribution in [2.45, 2.75) is 59.2 Å². The maximum Gasteiger partial charge on any atom is 0.271 e. The van der Waals surface area contributed by atoms with Gasteiger partial charge in [-0.1, -0.05) is 43.3 Å². The van der Waals surface area contributed by atoms with Crippen molar-refractivity contribution < 1.29 is 22.9 Å². The lowest BCUT2D eigenvalue weighted by Gasteiger charge is -2.34. The molecule has 0 aliphatic carbocycles. The molecule has 0 bridgehead atoms. The molecule has 1 atom stereocenters.